The van der Waals surface area contributed by atoms with Crippen LogP contribution in [0.2, 0.25) is 0 Å². The highest BCUT2D eigenvalue weighted by Gasteiger charge is 2.16. The van der Waals surface area contributed by atoms with Gasteiger partial charge in [0.15, 0.2) is 4.34 Å². The molecule has 0 saturated heterocycles. The molecule has 8 heteroatoms. The normalized spacial score (nSPS) is 10.9. The summed E-state index contributed by atoms with van der Waals surface area (Å²) >= 11 is 2.60. The zero-order valence-electron chi connectivity index (χ0n) is 16.7. The molecule has 0 bridgehead atoms. The van der Waals surface area contributed by atoms with Crippen molar-refractivity contribution in [3.8, 4) is 0 Å². The van der Waals surface area contributed by atoms with Gasteiger partial charge in [-0.2, -0.15) is 0 Å². The topological polar surface area (TPSA) is 84.0 Å². The van der Waals surface area contributed by atoms with E-state index in [-0.39, 0.29) is 23.5 Å². The van der Waals surface area contributed by atoms with Crippen LogP contribution in [0.1, 0.15) is 52.0 Å². The van der Waals surface area contributed by atoms with E-state index in [0.717, 1.165) is 24.9 Å². The number of nitrogens with zero attached hydrogens (tertiary/aromatic N) is 2. The average Bonchev–Trinajstić information content (AvgIpc) is 3.14. The van der Waals surface area contributed by atoms with Crippen molar-refractivity contribution in [2.75, 3.05) is 16.4 Å². The number of benzene rings is 1. The molecule has 0 aliphatic rings. The number of carbonyl (C=O) groups excluding carboxylic acids is 2. The molecule has 2 rings (SSSR count). The summed E-state index contributed by atoms with van der Waals surface area (Å²) in [6.07, 6.45) is 4.99. The van der Waals surface area contributed by atoms with E-state index >= 15 is 0 Å². The maximum absolute atomic E-state index is 12.1. The Labute approximate surface area is 174 Å². The maximum atomic E-state index is 12.1. The fourth-order valence-electron chi connectivity index (χ4n) is 2.65. The van der Waals surface area contributed by atoms with Gasteiger partial charge in [0.05, 0.1) is 5.75 Å². The molecule has 0 spiro atoms. The van der Waals surface area contributed by atoms with E-state index in [1.165, 1.54) is 41.5 Å². The van der Waals surface area contributed by atoms with Crippen molar-refractivity contribution >= 4 is 45.7 Å². The number of aromatic nitrogens is 2. The zero-order chi connectivity index (χ0) is 20.4. The first kappa shape index (κ1) is 22.4. The van der Waals surface area contributed by atoms with E-state index in [4.69, 9.17) is 0 Å². The van der Waals surface area contributed by atoms with Crippen LogP contribution in [-0.2, 0) is 16.0 Å². The molecular weight excluding hydrogens is 392 g/mol. The summed E-state index contributed by atoms with van der Waals surface area (Å²) in [5, 5.41) is 14.2. The highest BCUT2D eigenvalue weighted by molar-refractivity contribution is 8.01. The third-order valence-corrected chi connectivity index (χ3v) is 6.35. The minimum absolute atomic E-state index is 0.0147. The summed E-state index contributed by atoms with van der Waals surface area (Å²) in [7, 11) is 0. The van der Waals surface area contributed by atoms with Crippen molar-refractivity contribution in [2.45, 2.75) is 57.2 Å². The lowest BCUT2D eigenvalue weighted by Gasteiger charge is -2.09. The molecule has 1 aromatic heterocycles. The van der Waals surface area contributed by atoms with Crippen LogP contribution >= 0.6 is 23.1 Å². The first-order valence-electron chi connectivity index (χ1n) is 9.71. The molecule has 28 heavy (non-hydrogen) atoms. The number of carbonyl (C=O) groups is 2. The van der Waals surface area contributed by atoms with Gasteiger partial charge >= 0.3 is 0 Å². The number of amides is 2. The van der Waals surface area contributed by atoms with Crippen LogP contribution in [0.15, 0.2) is 28.6 Å². The molecule has 0 atom stereocenters. The Morgan fingerprint density at radius 1 is 1.07 bits per heavy atom. The first-order chi connectivity index (χ1) is 13.5. The Balaban J connectivity index is 1.78. The standard InChI is InChI=1S/C20H28N4O2S2/c1-4-7-8-14-9-11-16(12-10-14)21-17(25)13-27-20-24-23-19(28-20)22-18(26)15(5-2)6-3/h9-12,15H,4-8,13H2,1-3H3,(H,21,25)(H,22,23,26). The molecular formula is C20H28N4O2S2. The lowest BCUT2D eigenvalue weighted by atomic mass is 10.0. The van der Waals surface area contributed by atoms with Crippen molar-refractivity contribution in [3.05, 3.63) is 29.8 Å². The summed E-state index contributed by atoms with van der Waals surface area (Å²) in [5.41, 5.74) is 2.08. The van der Waals surface area contributed by atoms with Crippen LogP contribution < -0.4 is 10.6 Å². The SMILES string of the molecule is CCCCc1ccc(NC(=O)CSc2nnc(NC(=O)C(CC)CC)s2)cc1. The van der Waals surface area contributed by atoms with Crippen LogP contribution in [0.3, 0.4) is 0 Å². The van der Waals surface area contributed by atoms with Gasteiger partial charge < -0.3 is 10.6 Å². The molecule has 2 N–H and O–H groups in total. The Bertz CT molecular complexity index is 758. The smallest absolute Gasteiger partial charge is 0.234 e. The third-order valence-electron chi connectivity index (χ3n) is 4.38. The molecule has 0 saturated carbocycles. The van der Waals surface area contributed by atoms with Crippen molar-refractivity contribution < 1.29 is 9.59 Å². The molecule has 0 fully saturated rings. The van der Waals surface area contributed by atoms with Crippen LogP contribution in [0.25, 0.3) is 0 Å². The second-order valence-corrected chi connectivity index (χ2v) is 8.71. The number of anilines is 2. The summed E-state index contributed by atoms with van der Waals surface area (Å²) in [6, 6.07) is 7.98. The van der Waals surface area contributed by atoms with Crippen LogP contribution in [0, 0.1) is 5.92 Å². The predicted octanol–water partition coefficient (Wildman–Crippen LogP) is 4.99. The van der Waals surface area contributed by atoms with Crippen molar-refractivity contribution in [2.24, 2.45) is 5.92 Å². The van der Waals surface area contributed by atoms with Gasteiger partial charge in [0.2, 0.25) is 16.9 Å². The second kappa shape index (κ2) is 11.8. The number of unbranched alkanes of at least 4 members (excludes halogenated alkanes) is 1. The third kappa shape index (κ3) is 7.24. The van der Waals surface area contributed by atoms with Crippen molar-refractivity contribution in [1.29, 1.82) is 0 Å². The Hall–Kier alpha value is -1.93. The minimum Gasteiger partial charge on any atom is -0.325 e. The number of hydrogen-bond donors (Lipinski definition) is 2. The van der Waals surface area contributed by atoms with Gasteiger partial charge in [0.25, 0.3) is 0 Å². The van der Waals surface area contributed by atoms with Crippen LogP contribution in [0.4, 0.5) is 10.8 Å². The first-order valence-corrected chi connectivity index (χ1v) is 11.5. The Morgan fingerprint density at radius 3 is 2.43 bits per heavy atom. The van der Waals surface area contributed by atoms with Crippen LogP contribution in [0.5, 0.6) is 0 Å². The van der Waals surface area contributed by atoms with Gasteiger partial charge in [-0.1, -0.05) is 62.4 Å². The highest BCUT2D eigenvalue weighted by Crippen LogP contribution is 2.26. The number of aryl methyl sites for hydroxylation is 1. The van der Waals surface area contributed by atoms with E-state index in [9.17, 15) is 9.59 Å². The molecule has 2 amide bonds. The van der Waals surface area contributed by atoms with E-state index in [2.05, 4.69) is 39.9 Å². The Kier molecular flexibility index (Phi) is 9.43. The minimum atomic E-state index is -0.0934. The van der Waals surface area contributed by atoms with Gasteiger partial charge in [-0.15, -0.1) is 10.2 Å². The van der Waals surface area contributed by atoms with E-state index in [0.29, 0.717) is 9.47 Å². The quantitative estimate of drug-likeness (QED) is 0.395. The van der Waals surface area contributed by atoms with E-state index < -0.39 is 0 Å². The molecule has 0 radical (unpaired) electrons. The van der Waals surface area contributed by atoms with Crippen molar-refractivity contribution in [1.82, 2.24) is 10.2 Å². The van der Waals surface area contributed by atoms with E-state index in [1.54, 1.807) is 0 Å². The fraction of sp³-hybridized carbons (Fsp3) is 0.500. The monoisotopic (exact) mass is 420 g/mol. The molecule has 152 valence electrons. The number of thioether (sulfide) groups is 1. The summed E-state index contributed by atoms with van der Waals surface area (Å²) in [6.45, 7) is 6.16. The van der Waals surface area contributed by atoms with Gasteiger partial charge in [-0.3, -0.25) is 9.59 Å². The summed E-state index contributed by atoms with van der Waals surface area (Å²) < 4.78 is 0.657. The zero-order valence-corrected chi connectivity index (χ0v) is 18.3. The molecule has 2 aromatic rings. The summed E-state index contributed by atoms with van der Waals surface area (Å²) in [5.74, 6) is 0.105. The second-order valence-electron chi connectivity index (χ2n) is 6.51. The Morgan fingerprint density at radius 2 is 1.79 bits per heavy atom. The molecule has 6 nitrogen and oxygen atoms in total. The van der Waals surface area contributed by atoms with Gasteiger partial charge in [0.1, 0.15) is 0 Å². The predicted molar refractivity (Wildman–Crippen MR) is 117 cm³/mol. The lowest BCUT2D eigenvalue weighted by Crippen LogP contribution is -2.21. The number of hydrogen-bond acceptors (Lipinski definition) is 6. The average molecular weight is 421 g/mol. The van der Waals surface area contributed by atoms with Gasteiger partial charge in [0, 0.05) is 11.6 Å². The van der Waals surface area contributed by atoms with Gasteiger partial charge in [-0.25, -0.2) is 0 Å². The molecule has 1 heterocycles. The van der Waals surface area contributed by atoms with E-state index in [1.807, 2.05) is 26.0 Å². The number of rotatable bonds is 11. The molecule has 0 unspecified atom stereocenters. The molecule has 0 aliphatic heterocycles. The number of nitrogens with one attached hydrogen (secondary N) is 2. The summed E-state index contributed by atoms with van der Waals surface area (Å²) in [4.78, 5) is 24.2. The van der Waals surface area contributed by atoms with Crippen molar-refractivity contribution in [3.63, 3.8) is 0 Å². The largest absolute Gasteiger partial charge is 0.325 e. The van der Waals surface area contributed by atoms with Crippen LogP contribution in [-0.4, -0.2) is 27.8 Å². The van der Waals surface area contributed by atoms with Gasteiger partial charge in [-0.05, 0) is 43.4 Å². The lowest BCUT2D eigenvalue weighted by molar-refractivity contribution is -0.120. The fourth-order valence-corrected chi connectivity index (χ4v) is 4.20. The highest BCUT2D eigenvalue weighted by atomic mass is 32.2. The molecule has 1 aromatic carbocycles. The maximum Gasteiger partial charge on any atom is 0.234 e. The molecule has 0 aliphatic carbocycles.